The maximum atomic E-state index is 13.2. The Morgan fingerprint density at radius 3 is 2.48 bits per heavy atom. The zero-order chi connectivity index (χ0) is 30.0. The molecule has 2 aliphatic rings. The standard InChI is InChI=1S/C32H32N2O8/c1-42-32(41)34-30(39)23-15-20(16-35)28(24(17-36)29(23)31(34)40)27(38)12-10-19(25-8-4-5-13-33-25)14-18-9-11-26(37)22-7-3-2-6-21(18)22/h2-9,11,13-14,23-24,27,29,35-38H,10,12,15-17H2,1H3/b19-14-/t23-,24+,27-,29-/m1/s1. The lowest BCUT2D eigenvalue weighted by atomic mass is 9.68. The molecule has 3 aromatic rings. The van der Waals surface area contributed by atoms with Crippen LogP contribution >= 0.6 is 0 Å². The van der Waals surface area contributed by atoms with Crippen molar-refractivity contribution in [3.05, 3.63) is 83.2 Å². The smallest absolute Gasteiger partial charge is 0.423 e. The van der Waals surface area contributed by atoms with Crippen LogP contribution in [0.2, 0.25) is 0 Å². The number of phenols is 1. The zero-order valence-electron chi connectivity index (χ0n) is 23.0. The molecule has 1 saturated heterocycles. The Balaban J connectivity index is 1.47. The van der Waals surface area contributed by atoms with Crippen LogP contribution in [0.3, 0.4) is 0 Å². The number of imide groups is 3. The maximum Gasteiger partial charge on any atom is 0.423 e. The number of ether oxygens (including phenoxy) is 1. The first-order valence-electron chi connectivity index (χ1n) is 13.7. The van der Waals surface area contributed by atoms with Crippen LogP contribution in [0.15, 0.2) is 71.9 Å². The van der Waals surface area contributed by atoms with Crippen LogP contribution in [0.25, 0.3) is 22.4 Å². The van der Waals surface area contributed by atoms with E-state index >= 15 is 0 Å². The maximum absolute atomic E-state index is 13.2. The lowest BCUT2D eigenvalue weighted by Crippen LogP contribution is -2.40. The number of carbonyl (C=O) groups excluding carboxylic acids is 3. The summed E-state index contributed by atoms with van der Waals surface area (Å²) in [5.41, 5.74) is 3.01. The van der Waals surface area contributed by atoms with Crippen molar-refractivity contribution < 1.29 is 39.5 Å². The van der Waals surface area contributed by atoms with Gasteiger partial charge in [0, 0.05) is 17.5 Å². The lowest BCUT2D eigenvalue weighted by Gasteiger charge is -2.36. The molecule has 1 aliphatic carbocycles. The molecule has 0 saturated carbocycles. The van der Waals surface area contributed by atoms with Gasteiger partial charge >= 0.3 is 6.09 Å². The number of phenolic OH excluding ortho intramolecular Hbond substituents is 1. The van der Waals surface area contributed by atoms with Gasteiger partial charge in [-0.15, -0.1) is 0 Å². The Hall–Kier alpha value is -4.38. The molecule has 0 spiro atoms. The first-order valence-corrected chi connectivity index (χ1v) is 13.7. The highest BCUT2D eigenvalue weighted by Crippen LogP contribution is 2.46. The van der Waals surface area contributed by atoms with Crippen molar-refractivity contribution in [2.45, 2.75) is 25.4 Å². The van der Waals surface area contributed by atoms with E-state index in [1.807, 2.05) is 48.5 Å². The summed E-state index contributed by atoms with van der Waals surface area (Å²) in [5, 5.41) is 43.9. The molecule has 218 valence electrons. The van der Waals surface area contributed by atoms with Gasteiger partial charge in [-0.25, -0.2) is 4.79 Å². The fraction of sp³-hybridized carbons (Fsp3) is 0.312. The number of rotatable bonds is 8. The summed E-state index contributed by atoms with van der Waals surface area (Å²) in [7, 11) is 1.06. The molecule has 3 amide bonds. The Kier molecular flexibility index (Phi) is 8.49. The van der Waals surface area contributed by atoms with Crippen molar-refractivity contribution in [3.8, 4) is 5.75 Å². The third kappa shape index (κ3) is 5.20. The topological polar surface area (TPSA) is 157 Å². The van der Waals surface area contributed by atoms with Crippen LogP contribution in [0.4, 0.5) is 4.79 Å². The summed E-state index contributed by atoms with van der Waals surface area (Å²) in [4.78, 5) is 43.2. The molecule has 42 heavy (non-hydrogen) atoms. The Labute approximate surface area is 242 Å². The van der Waals surface area contributed by atoms with Crippen molar-refractivity contribution in [2.24, 2.45) is 17.8 Å². The first kappa shape index (κ1) is 29.1. The van der Waals surface area contributed by atoms with Crippen LogP contribution < -0.4 is 0 Å². The summed E-state index contributed by atoms with van der Waals surface area (Å²) in [6.07, 6.45) is 1.83. The summed E-state index contributed by atoms with van der Waals surface area (Å²) < 4.78 is 4.61. The number of carbonyl (C=O) groups is 3. The fourth-order valence-corrected chi connectivity index (χ4v) is 6.27. The van der Waals surface area contributed by atoms with Gasteiger partial charge in [0.25, 0.3) is 0 Å². The molecule has 2 heterocycles. The largest absolute Gasteiger partial charge is 0.507 e. The predicted molar refractivity (Wildman–Crippen MR) is 154 cm³/mol. The molecule has 4 atom stereocenters. The molecule has 4 N–H and O–H groups in total. The van der Waals surface area contributed by atoms with Crippen molar-refractivity contribution >= 4 is 40.3 Å². The molecule has 5 rings (SSSR count). The predicted octanol–water partition coefficient (Wildman–Crippen LogP) is 3.29. The van der Waals surface area contributed by atoms with E-state index in [0.29, 0.717) is 33.5 Å². The van der Waals surface area contributed by atoms with Crippen molar-refractivity contribution in [3.63, 3.8) is 0 Å². The SMILES string of the molecule is COC(=O)N1C(=O)[C@@H]2[C@@H](CC(CO)=C([C@H](O)CC/C(=C/c3ccc(O)c4ccccc34)c3ccccn3)[C@@H]2CO)C1=O. The molecule has 1 aromatic heterocycles. The van der Waals surface area contributed by atoms with Gasteiger partial charge in [-0.05, 0) is 71.2 Å². The molecule has 10 nitrogen and oxygen atoms in total. The number of methoxy groups -OCH3 is 1. The minimum atomic E-state index is -1.16. The Morgan fingerprint density at radius 2 is 1.81 bits per heavy atom. The molecular formula is C32H32N2O8. The number of aromatic nitrogens is 1. The first-order chi connectivity index (χ1) is 20.3. The van der Waals surface area contributed by atoms with Crippen LogP contribution in [0.1, 0.15) is 30.5 Å². The van der Waals surface area contributed by atoms with E-state index in [1.165, 1.54) is 0 Å². The molecule has 2 aromatic carbocycles. The highest BCUT2D eigenvalue weighted by molar-refractivity contribution is 6.16. The lowest BCUT2D eigenvalue weighted by molar-refractivity contribution is -0.137. The van der Waals surface area contributed by atoms with Crippen molar-refractivity contribution in [1.29, 1.82) is 0 Å². The van der Waals surface area contributed by atoms with Gasteiger partial charge < -0.3 is 25.2 Å². The van der Waals surface area contributed by atoms with Gasteiger partial charge in [0.1, 0.15) is 5.75 Å². The number of likely N-dealkylation sites (tertiary alicyclic amines) is 1. The summed E-state index contributed by atoms with van der Waals surface area (Å²) in [6.45, 7) is -1.04. The minimum absolute atomic E-state index is 0.0233. The van der Waals surface area contributed by atoms with Gasteiger partial charge in [0.2, 0.25) is 11.8 Å². The van der Waals surface area contributed by atoms with Gasteiger partial charge in [-0.2, -0.15) is 4.90 Å². The van der Waals surface area contributed by atoms with Crippen LogP contribution in [0, 0.1) is 17.8 Å². The number of nitrogens with zero attached hydrogens (tertiary/aromatic N) is 2. The number of allylic oxidation sites excluding steroid dienone is 1. The highest BCUT2D eigenvalue weighted by Gasteiger charge is 2.57. The summed E-state index contributed by atoms with van der Waals surface area (Å²) in [5.74, 6) is -4.33. The second-order valence-corrected chi connectivity index (χ2v) is 10.5. The molecule has 1 aliphatic heterocycles. The number of aliphatic hydroxyl groups excluding tert-OH is 3. The van der Waals surface area contributed by atoms with Gasteiger partial charge in [-0.1, -0.05) is 36.4 Å². The number of hydrogen-bond donors (Lipinski definition) is 4. The van der Waals surface area contributed by atoms with Crippen LogP contribution in [0.5, 0.6) is 5.75 Å². The Bertz CT molecular complexity index is 1580. The number of fused-ring (bicyclic) bond motifs is 2. The average molecular weight is 573 g/mol. The van der Waals surface area contributed by atoms with Crippen LogP contribution in [-0.2, 0) is 14.3 Å². The Morgan fingerprint density at radius 1 is 1.07 bits per heavy atom. The monoisotopic (exact) mass is 572 g/mol. The third-order valence-electron chi connectivity index (χ3n) is 8.23. The zero-order valence-corrected chi connectivity index (χ0v) is 23.0. The minimum Gasteiger partial charge on any atom is -0.507 e. The van der Waals surface area contributed by atoms with E-state index in [4.69, 9.17) is 0 Å². The number of hydrogen-bond acceptors (Lipinski definition) is 9. The van der Waals surface area contributed by atoms with Gasteiger partial charge in [0.05, 0.1) is 44.0 Å². The van der Waals surface area contributed by atoms with E-state index in [1.54, 1.807) is 18.3 Å². The van der Waals surface area contributed by atoms with E-state index in [-0.39, 0.29) is 18.6 Å². The number of pyridine rings is 1. The van der Waals surface area contributed by atoms with E-state index in [0.717, 1.165) is 23.6 Å². The third-order valence-corrected chi connectivity index (χ3v) is 8.23. The normalized spacial score (nSPS) is 21.6. The van der Waals surface area contributed by atoms with E-state index in [2.05, 4.69) is 9.72 Å². The molecule has 1 fully saturated rings. The molecular weight excluding hydrogens is 540 g/mol. The average Bonchev–Trinajstić information content (AvgIpc) is 3.27. The van der Waals surface area contributed by atoms with E-state index in [9.17, 15) is 34.8 Å². The number of amides is 3. The van der Waals surface area contributed by atoms with Crippen LogP contribution in [-0.4, -0.2) is 74.6 Å². The molecule has 10 heteroatoms. The fourth-order valence-electron chi connectivity index (χ4n) is 6.27. The second kappa shape index (κ2) is 12.2. The second-order valence-electron chi connectivity index (χ2n) is 10.5. The van der Waals surface area contributed by atoms with Crippen molar-refractivity contribution in [2.75, 3.05) is 20.3 Å². The van der Waals surface area contributed by atoms with Gasteiger partial charge in [0.15, 0.2) is 0 Å². The van der Waals surface area contributed by atoms with Gasteiger partial charge in [-0.3, -0.25) is 14.6 Å². The number of benzene rings is 2. The van der Waals surface area contributed by atoms with Crippen molar-refractivity contribution in [1.82, 2.24) is 9.88 Å². The summed E-state index contributed by atoms with van der Waals surface area (Å²) in [6, 6.07) is 16.4. The number of aliphatic hydroxyl groups is 3. The number of aromatic hydroxyl groups is 1. The molecule has 0 bridgehead atoms. The quantitative estimate of drug-likeness (QED) is 0.235. The van der Waals surface area contributed by atoms with E-state index < -0.39 is 55.0 Å². The molecule has 0 radical (unpaired) electrons. The highest BCUT2D eigenvalue weighted by atomic mass is 16.5. The molecule has 0 unspecified atom stereocenters. The summed E-state index contributed by atoms with van der Waals surface area (Å²) >= 11 is 0.